The van der Waals surface area contributed by atoms with Gasteiger partial charge in [-0.05, 0) is 48.9 Å². The van der Waals surface area contributed by atoms with Gasteiger partial charge in [-0.25, -0.2) is 0 Å². The lowest BCUT2D eigenvalue weighted by Crippen LogP contribution is -1.93. The van der Waals surface area contributed by atoms with Gasteiger partial charge >= 0.3 is 0 Å². The van der Waals surface area contributed by atoms with E-state index in [1.54, 1.807) is 26.5 Å². The molecule has 0 amide bonds. The predicted molar refractivity (Wildman–Crippen MR) is 89.4 cm³/mol. The van der Waals surface area contributed by atoms with Crippen LogP contribution in [0.1, 0.15) is 12.5 Å². The van der Waals surface area contributed by atoms with Gasteiger partial charge in [0.25, 0.3) is 0 Å². The van der Waals surface area contributed by atoms with E-state index in [-0.39, 0.29) is 0 Å². The monoisotopic (exact) mass is 319 g/mol. The smallest absolute Gasteiger partial charge is 0.179 e. The molecule has 0 heterocycles. The second kappa shape index (κ2) is 7.71. The normalized spacial score (nSPS) is 10.7. The van der Waals surface area contributed by atoms with Crippen LogP contribution in [0.4, 0.5) is 5.69 Å². The summed E-state index contributed by atoms with van der Waals surface area (Å²) >= 11 is 6.17. The maximum Gasteiger partial charge on any atom is 0.179 e. The van der Waals surface area contributed by atoms with Crippen LogP contribution in [0.15, 0.2) is 41.4 Å². The van der Waals surface area contributed by atoms with Crippen LogP contribution in [0.5, 0.6) is 17.2 Å². The van der Waals surface area contributed by atoms with E-state index in [2.05, 4.69) is 4.99 Å². The topological polar surface area (TPSA) is 40.0 Å². The quantitative estimate of drug-likeness (QED) is 0.736. The molecule has 2 aromatic carbocycles. The van der Waals surface area contributed by atoms with Crippen LogP contribution < -0.4 is 14.2 Å². The van der Waals surface area contributed by atoms with Crippen LogP contribution >= 0.6 is 11.6 Å². The maximum absolute atomic E-state index is 6.17. The highest BCUT2D eigenvalue weighted by Crippen LogP contribution is 2.35. The molecule has 0 spiro atoms. The summed E-state index contributed by atoms with van der Waals surface area (Å²) in [7, 11) is 3.12. The predicted octanol–water partition coefficient (Wildman–Crippen LogP) is 4.51. The third kappa shape index (κ3) is 3.92. The van der Waals surface area contributed by atoms with Crippen LogP contribution in [0.25, 0.3) is 0 Å². The zero-order valence-electron chi connectivity index (χ0n) is 12.8. The molecule has 5 heteroatoms. The number of hydrogen-bond donors (Lipinski definition) is 0. The van der Waals surface area contributed by atoms with Crippen molar-refractivity contribution in [3.8, 4) is 17.2 Å². The van der Waals surface area contributed by atoms with E-state index in [1.807, 2.05) is 37.3 Å². The Kier molecular flexibility index (Phi) is 5.67. The van der Waals surface area contributed by atoms with Crippen LogP contribution in [0.2, 0.25) is 5.02 Å². The second-order valence-electron chi connectivity index (χ2n) is 4.42. The zero-order chi connectivity index (χ0) is 15.9. The summed E-state index contributed by atoms with van der Waals surface area (Å²) in [6.07, 6.45) is 1.73. The highest BCUT2D eigenvalue weighted by atomic mass is 35.5. The van der Waals surface area contributed by atoms with Crippen LogP contribution in [0.3, 0.4) is 0 Å². The Labute approximate surface area is 135 Å². The fourth-order valence-electron chi connectivity index (χ4n) is 1.96. The van der Waals surface area contributed by atoms with Crippen molar-refractivity contribution < 1.29 is 14.2 Å². The molecular weight excluding hydrogens is 302 g/mol. The maximum atomic E-state index is 6.17. The van der Waals surface area contributed by atoms with Gasteiger partial charge in [0.05, 0.1) is 31.5 Å². The van der Waals surface area contributed by atoms with E-state index in [1.165, 1.54) is 0 Å². The lowest BCUT2D eigenvalue weighted by molar-refractivity contribution is 0.340. The minimum Gasteiger partial charge on any atom is -0.494 e. The molecule has 0 N–H and O–H groups in total. The van der Waals surface area contributed by atoms with Crippen molar-refractivity contribution in [2.24, 2.45) is 4.99 Å². The first-order chi connectivity index (χ1) is 10.7. The van der Waals surface area contributed by atoms with Gasteiger partial charge in [-0.1, -0.05) is 11.6 Å². The Hall–Kier alpha value is -2.20. The summed E-state index contributed by atoms with van der Waals surface area (Å²) in [6, 6.07) is 11.2. The molecule has 0 fully saturated rings. The summed E-state index contributed by atoms with van der Waals surface area (Å²) in [5.41, 5.74) is 1.66. The average molecular weight is 320 g/mol. The second-order valence-corrected chi connectivity index (χ2v) is 4.83. The van der Waals surface area contributed by atoms with Crippen molar-refractivity contribution in [2.45, 2.75) is 6.92 Å². The molecular formula is C17H18ClNO3. The minimum absolute atomic E-state index is 0.481. The van der Waals surface area contributed by atoms with Crippen LogP contribution in [-0.4, -0.2) is 27.0 Å². The number of rotatable bonds is 6. The molecule has 0 atom stereocenters. The summed E-state index contributed by atoms with van der Waals surface area (Å²) in [5.74, 6) is 1.92. The first kappa shape index (κ1) is 16.2. The molecule has 4 nitrogen and oxygen atoms in total. The van der Waals surface area contributed by atoms with E-state index in [4.69, 9.17) is 25.8 Å². The molecule has 0 unspecified atom stereocenters. The van der Waals surface area contributed by atoms with Crippen molar-refractivity contribution in [1.82, 2.24) is 0 Å². The lowest BCUT2D eigenvalue weighted by atomic mass is 10.2. The molecule has 0 radical (unpaired) electrons. The third-order valence-corrected chi connectivity index (χ3v) is 3.25. The number of aliphatic imine (C=N–C) groups is 1. The number of benzene rings is 2. The Bertz CT molecular complexity index is 654. The Morgan fingerprint density at radius 1 is 1.09 bits per heavy atom. The SMILES string of the molecule is CCOc1ccc(N=Cc2cc(Cl)c(OC)c(OC)c2)cc1. The molecule has 0 bridgehead atoms. The number of halogens is 1. The summed E-state index contributed by atoms with van der Waals surface area (Å²) in [4.78, 5) is 4.41. The molecule has 2 aromatic rings. The summed E-state index contributed by atoms with van der Waals surface area (Å²) in [6.45, 7) is 2.60. The molecule has 0 aliphatic carbocycles. The molecule has 0 saturated heterocycles. The van der Waals surface area contributed by atoms with Gasteiger partial charge in [0, 0.05) is 6.21 Å². The molecule has 0 aliphatic rings. The van der Waals surface area contributed by atoms with Crippen molar-refractivity contribution in [3.63, 3.8) is 0 Å². The van der Waals surface area contributed by atoms with Gasteiger partial charge in [0.2, 0.25) is 0 Å². The van der Waals surface area contributed by atoms with Gasteiger partial charge in [0.1, 0.15) is 5.75 Å². The largest absolute Gasteiger partial charge is 0.494 e. The van der Waals surface area contributed by atoms with Gasteiger partial charge in [0.15, 0.2) is 11.5 Å². The summed E-state index contributed by atoms with van der Waals surface area (Å²) < 4.78 is 15.9. The van der Waals surface area contributed by atoms with Crippen LogP contribution in [-0.2, 0) is 0 Å². The number of nitrogens with zero attached hydrogens (tertiary/aromatic N) is 1. The molecule has 0 saturated carbocycles. The average Bonchev–Trinajstić information content (AvgIpc) is 2.54. The fourth-order valence-corrected chi connectivity index (χ4v) is 2.25. The first-order valence-electron chi connectivity index (χ1n) is 6.86. The van der Waals surface area contributed by atoms with Crippen molar-refractivity contribution >= 4 is 23.5 Å². The molecule has 0 aromatic heterocycles. The molecule has 22 heavy (non-hydrogen) atoms. The van der Waals surface area contributed by atoms with E-state index in [9.17, 15) is 0 Å². The van der Waals surface area contributed by atoms with E-state index in [0.717, 1.165) is 17.0 Å². The Morgan fingerprint density at radius 2 is 1.82 bits per heavy atom. The molecule has 0 aliphatic heterocycles. The van der Waals surface area contributed by atoms with Gasteiger partial charge in [-0.15, -0.1) is 0 Å². The Balaban J connectivity index is 2.20. The third-order valence-electron chi connectivity index (χ3n) is 2.97. The van der Waals surface area contributed by atoms with Crippen molar-refractivity contribution in [2.75, 3.05) is 20.8 Å². The number of ether oxygens (including phenoxy) is 3. The number of hydrogen-bond acceptors (Lipinski definition) is 4. The van der Waals surface area contributed by atoms with Crippen molar-refractivity contribution in [3.05, 3.63) is 47.0 Å². The van der Waals surface area contributed by atoms with Crippen LogP contribution in [0, 0.1) is 0 Å². The molecule has 116 valence electrons. The minimum atomic E-state index is 0.481. The van der Waals surface area contributed by atoms with Gasteiger partial charge in [-0.3, -0.25) is 4.99 Å². The highest BCUT2D eigenvalue weighted by molar-refractivity contribution is 6.32. The van der Waals surface area contributed by atoms with E-state index in [0.29, 0.717) is 23.1 Å². The van der Waals surface area contributed by atoms with Gasteiger partial charge < -0.3 is 14.2 Å². The first-order valence-corrected chi connectivity index (χ1v) is 7.24. The van der Waals surface area contributed by atoms with Crippen molar-refractivity contribution in [1.29, 1.82) is 0 Å². The standard InChI is InChI=1S/C17H18ClNO3/c1-4-22-14-7-5-13(6-8-14)19-11-12-9-15(18)17(21-3)16(10-12)20-2/h5-11H,4H2,1-3H3. The fraction of sp³-hybridized carbons (Fsp3) is 0.235. The van der Waals surface area contributed by atoms with Gasteiger partial charge in [-0.2, -0.15) is 0 Å². The molecule has 2 rings (SSSR count). The van der Waals surface area contributed by atoms with E-state index < -0.39 is 0 Å². The zero-order valence-corrected chi connectivity index (χ0v) is 13.6. The summed E-state index contributed by atoms with van der Waals surface area (Å²) in [5, 5.41) is 0.481. The lowest BCUT2D eigenvalue weighted by Gasteiger charge is -2.09. The van der Waals surface area contributed by atoms with E-state index >= 15 is 0 Å². The number of methoxy groups -OCH3 is 2. The Morgan fingerprint density at radius 3 is 2.41 bits per heavy atom. The highest BCUT2D eigenvalue weighted by Gasteiger charge is 2.09.